The third-order valence-electron chi connectivity index (χ3n) is 14.1. The van der Waals surface area contributed by atoms with E-state index in [1.165, 1.54) is 0 Å². The zero-order valence-electron chi connectivity index (χ0n) is 35.4. The Morgan fingerprint density at radius 3 is 2.19 bits per heavy atom. The lowest BCUT2D eigenvalue weighted by Crippen LogP contribution is -2.56. The quantitative estimate of drug-likeness (QED) is 0.211. The predicted molar refractivity (Wildman–Crippen MR) is 235 cm³/mol. The van der Waals surface area contributed by atoms with Gasteiger partial charge in [-0.2, -0.15) is 5.10 Å². The van der Waals surface area contributed by atoms with Crippen LogP contribution >= 0.6 is 0 Å². The van der Waals surface area contributed by atoms with E-state index in [9.17, 15) is 24.0 Å². The second-order valence-electron chi connectivity index (χ2n) is 17.7. The van der Waals surface area contributed by atoms with Crippen molar-refractivity contribution in [2.24, 2.45) is 11.7 Å². The van der Waals surface area contributed by atoms with Crippen molar-refractivity contribution in [3.05, 3.63) is 89.5 Å². The van der Waals surface area contributed by atoms with Crippen molar-refractivity contribution in [2.45, 2.75) is 69.6 Å². The molecule has 1 aromatic heterocycles. The van der Waals surface area contributed by atoms with Gasteiger partial charge in [-0.3, -0.25) is 24.5 Å². The number of amides is 6. The Bertz CT molecular complexity index is 2400. The molecule has 6 amide bonds. The highest BCUT2D eigenvalue weighted by atomic mass is 16.5. The molecule has 6 aliphatic rings. The molecule has 0 spiro atoms. The maximum absolute atomic E-state index is 13.7. The summed E-state index contributed by atoms with van der Waals surface area (Å²) in [6, 6.07) is 23.2. The molecule has 4 fully saturated rings. The number of primary amides is 1. The van der Waals surface area contributed by atoms with Gasteiger partial charge in [0.1, 0.15) is 34.6 Å². The number of urea groups is 1. The molecule has 4 N–H and O–H groups in total. The van der Waals surface area contributed by atoms with Gasteiger partial charge >= 0.3 is 6.03 Å². The summed E-state index contributed by atoms with van der Waals surface area (Å²) in [6.45, 7) is 7.21. The SMILES string of the molecule is NC(=O)c1c(-c2ccc(Oc3ccccc3)cc2)nn2c1NCC[C@H]2C1CCN(C2CCN(C(=O)N3CCN(c4ccc5c(c4)CN(C4CCC(=O)NC4=O)C5=O)CC3)CC2)CC1. The molecule has 4 aromatic rings. The van der Waals surface area contributed by atoms with Gasteiger partial charge in [0, 0.05) is 81.6 Å². The van der Waals surface area contributed by atoms with Gasteiger partial charge in [0.25, 0.3) is 11.8 Å². The topological polar surface area (TPSA) is 179 Å². The molecule has 0 aliphatic carbocycles. The Morgan fingerprint density at radius 1 is 0.762 bits per heavy atom. The Balaban J connectivity index is 0.702. The van der Waals surface area contributed by atoms with Gasteiger partial charge in [-0.05, 0) is 118 Å². The summed E-state index contributed by atoms with van der Waals surface area (Å²) in [5.74, 6) is 1.20. The number of hydrogen-bond acceptors (Lipinski definition) is 10. The highest BCUT2D eigenvalue weighted by Gasteiger charge is 2.40. The number of nitrogens with two attached hydrogens (primary N) is 1. The van der Waals surface area contributed by atoms with Crippen LogP contribution < -0.4 is 26.0 Å². The molecule has 16 heteroatoms. The molecule has 3 aromatic carbocycles. The van der Waals surface area contributed by atoms with Crippen LogP contribution in [0.4, 0.5) is 16.3 Å². The van der Waals surface area contributed by atoms with E-state index in [1.54, 1.807) is 4.90 Å². The molecule has 7 heterocycles. The number of rotatable bonds is 8. The van der Waals surface area contributed by atoms with Crippen LogP contribution in [0.2, 0.25) is 0 Å². The molecule has 328 valence electrons. The van der Waals surface area contributed by atoms with Crippen molar-refractivity contribution in [3.63, 3.8) is 0 Å². The second-order valence-corrected chi connectivity index (χ2v) is 17.7. The minimum Gasteiger partial charge on any atom is -0.457 e. The molecule has 4 saturated heterocycles. The number of carbonyl (C=O) groups is 5. The number of piperidine rings is 3. The molecule has 1 unspecified atom stereocenters. The fraction of sp³-hybridized carbons (Fsp3) is 0.447. The number of nitrogens with zero attached hydrogens (tertiary/aromatic N) is 7. The average Bonchev–Trinajstić information content (AvgIpc) is 3.87. The number of anilines is 2. The lowest BCUT2D eigenvalue weighted by Gasteiger charge is -2.45. The van der Waals surface area contributed by atoms with Crippen LogP contribution in [-0.2, 0) is 16.1 Å². The molecular formula is C47H54N10O6. The van der Waals surface area contributed by atoms with E-state index >= 15 is 0 Å². The zero-order valence-corrected chi connectivity index (χ0v) is 35.4. The molecule has 63 heavy (non-hydrogen) atoms. The normalized spacial score (nSPS) is 22.4. The maximum Gasteiger partial charge on any atom is 0.320 e. The number of nitrogens with one attached hydrogen (secondary N) is 2. The molecule has 0 radical (unpaired) electrons. The van der Waals surface area contributed by atoms with E-state index in [0.29, 0.717) is 79.5 Å². The van der Waals surface area contributed by atoms with Crippen molar-refractivity contribution in [3.8, 4) is 22.8 Å². The number of aromatic nitrogens is 2. The highest BCUT2D eigenvalue weighted by Crippen LogP contribution is 2.41. The summed E-state index contributed by atoms with van der Waals surface area (Å²) >= 11 is 0. The minimum absolute atomic E-state index is 0.110. The first kappa shape index (κ1) is 40.6. The number of benzene rings is 3. The predicted octanol–water partition coefficient (Wildman–Crippen LogP) is 4.68. The van der Waals surface area contributed by atoms with E-state index in [0.717, 1.165) is 87.4 Å². The van der Waals surface area contributed by atoms with Crippen LogP contribution in [0.15, 0.2) is 72.8 Å². The van der Waals surface area contributed by atoms with E-state index in [2.05, 4.69) is 20.4 Å². The Labute approximate surface area is 366 Å². The van der Waals surface area contributed by atoms with Crippen LogP contribution in [0, 0.1) is 5.92 Å². The third-order valence-corrected chi connectivity index (χ3v) is 14.1. The Kier molecular flexibility index (Phi) is 11.0. The Hall–Kier alpha value is -6.42. The van der Waals surface area contributed by atoms with Gasteiger partial charge in [0.05, 0.1) is 6.04 Å². The maximum atomic E-state index is 13.7. The van der Waals surface area contributed by atoms with Gasteiger partial charge < -0.3 is 40.3 Å². The largest absolute Gasteiger partial charge is 0.457 e. The van der Waals surface area contributed by atoms with Gasteiger partial charge in [0.2, 0.25) is 11.8 Å². The summed E-state index contributed by atoms with van der Waals surface area (Å²) < 4.78 is 8.02. The molecule has 6 aliphatic heterocycles. The van der Waals surface area contributed by atoms with Crippen molar-refractivity contribution in [1.82, 2.24) is 34.7 Å². The first-order chi connectivity index (χ1) is 30.7. The van der Waals surface area contributed by atoms with Crippen LogP contribution in [0.1, 0.15) is 77.3 Å². The number of hydrogen-bond donors (Lipinski definition) is 3. The summed E-state index contributed by atoms with van der Waals surface area (Å²) in [5.41, 5.74) is 10.3. The molecule has 0 saturated carbocycles. The van der Waals surface area contributed by atoms with Gasteiger partial charge in [-0.15, -0.1) is 0 Å². The van der Waals surface area contributed by atoms with E-state index in [-0.39, 0.29) is 30.3 Å². The highest BCUT2D eigenvalue weighted by molar-refractivity contribution is 6.06. The number of para-hydroxylation sites is 1. The summed E-state index contributed by atoms with van der Waals surface area (Å²) in [7, 11) is 0. The van der Waals surface area contributed by atoms with Gasteiger partial charge in [-0.25, -0.2) is 9.48 Å². The fourth-order valence-corrected chi connectivity index (χ4v) is 10.7. The van der Waals surface area contributed by atoms with Crippen LogP contribution in [-0.4, -0.2) is 130 Å². The smallest absolute Gasteiger partial charge is 0.320 e. The summed E-state index contributed by atoms with van der Waals surface area (Å²) in [4.78, 5) is 74.4. The van der Waals surface area contributed by atoms with E-state index in [4.69, 9.17) is 15.6 Å². The van der Waals surface area contributed by atoms with Crippen molar-refractivity contribution >= 4 is 41.2 Å². The molecular weight excluding hydrogens is 801 g/mol. The number of fused-ring (bicyclic) bond motifs is 2. The van der Waals surface area contributed by atoms with Crippen LogP contribution in [0.5, 0.6) is 11.5 Å². The number of imide groups is 1. The lowest BCUT2D eigenvalue weighted by atomic mass is 9.85. The van der Waals surface area contributed by atoms with E-state index in [1.807, 2.05) is 87.3 Å². The summed E-state index contributed by atoms with van der Waals surface area (Å²) in [5, 5.41) is 10.9. The average molecular weight is 855 g/mol. The monoisotopic (exact) mass is 854 g/mol. The number of likely N-dealkylation sites (tertiary alicyclic amines) is 2. The summed E-state index contributed by atoms with van der Waals surface area (Å²) in [6.07, 6.45) is 5.48. The first-order valence-electron chi connectivity index (χ1n) is 22.5. The number of ether oxygens (including phenoxy) is 1. The van der Waals surface area contributed by atoms with Gasteiger partial charge in [-0.1, -0.05) is 18.2 Å². The van der Waals surface area contributed by atoms with Gasteiger partial charge in [0.15, 0.2) is 0 Å². The first-order valence-corrected chi connectivity index (χ1v) is 22.5. The van der Waals surface area contributed by atoms with Crippen molar-refractivity contribution in [2.75, 3.05) is 69.1 Å². The van der Waals surface area contributed by atoms with Crippen molar-refractivity contribution < 1.29 is 28.7 Å². The molecule has 10 rings (SSSR count). The molecule has 0 bridgehead atoms. The van der Waals surface area contributed by atoms with Crippen molar-refractivity contribution in [1.29, 1.82) is 0 Å². The standard InChI is InChI=1S/C47H54N10O6/c48-43(59)41-42(31-6-9-36(10-7-31)63-35-4-2-1-3-5-35)51-57-38(14-19-49-44(41)57)30-15-20-52(21-16-30)33-17-22-54(23-18-33)47(62)55-26-24-53(25-27-55)34-8-11-37-32(28-34)29-56(46(37)61)39-12-13-40(58)50-45(39)60/h1-11,28,30,33,38-39,49H,12-27,29H2,(H2,48,59)(H,50,58,60)/t38-,39?/m0/s1. The zero-order chi connectivity index (χ0) is 43.2. The fourth-order valence-electron chi connectivity index (χ4n) is 10.7. The van der Waals surface area contributed by atoms with E-state index < -0.39 is 17.9 Å². The lowest BCUT2D eigenvalue weighted by molar-refractivity contribution is -0.136. The number of carbonyl (C=O) groups excluding carboxylic acids is 5. The minimum atomic E-state index is -0.636. The third kappa shape index (κ3) is 7.96. The number of piperazine rings is 1. The Morgan fingerprint density at radius 2 is 1.48 bits per heavy atom. The molecule has 2 atom stereocenters. The van der Waals surface area contributed by atoms with Crippen LogP contribution in [0.25, 0.3) is 11.3 Å². The molecule has 16 nitrogen and oxygen atoms in total. The second kappa shape index (κ2) is 17.0. The van der Waals surface area contributed by atoms with Crippen LogP contribution in [0.3, 0.4) is 0 Å².